The molecule has 0 saturated heterocycles. The molecule has 2 rings (SSSR count). The molecule has 2 atom stereocenters. The molecule has 0 radical (unpaired) electrons. The molecular formula is C27H36ClNO4Si. The number of rotatable bonds is 10. The number of aromatic nitrogens is 1. The van der Waals surface area contributed by atoms with E-state index in [1.54, 1.807) is 13.3 Å². The molecule has 34 heavy (non-hydrogen) atoms. The van der Waals surface area contributed by atoms with E-state index < -0.39 is 14.4 Å². The van der Waals surface area contributed by atoms with E-state index in [0.717, 1.165) is 22.4 Å². The monoisotopic (exact) mass is 501 g/mol. The lowest BCUT2D eigenvalue weighted by molar-refractivity contribution is -0.147. The maximum atomic E-state index is 12.8. The van der Waals surface area contributed by atoms with Crippen LogP contribution in [0.15, 0.2) is 36.5 Å². The third kappa shape index (κ3) is 7.59. The number of hydrogen-bond donors (Lipinski definition) is 0. The molecule has 5 nitrogen and oxygen atoms in total. The highest BCUT2D eigenvalue weighted by Gasteiger charge is 2.41. The summed E-state index contributed by atoms with van der Waals surface area (Å²) < 4.78 is 17.6. The van der Waals surface area contributed by atoms with E-state index in [1.165, 1.54) is 0 Å². The number of nitrogens with zero attached hydrogens (tertiary/aromatic N) is 1. The predicted octanol–water partition coefficient (Wildman–Crippen LogP) is 6.89. The first-order chi connectivity index (χ1) is 15.9. The van der Waals surface area contributed by atoms with Gasteiger partial charge in [-0.25, -0.2) is 4.98 Å². The molecule has 0 fully saturated rings. The van der Waals surface area contributed by atoms with Gasteiger partial charge in [0.2, 0.25) is 0 Å². The molecule has 7 heteroatoms. The molecule has 1 aromatic carbocycles. The van der Waals surface area contributed by atoms with Crippen LogP contribution in [0.25, 0.3) is 0 Å². The van der Waals surface area contributed by atoms with E-state index in [-0.39, 0.29) is 30.0 Å². The number of terminal acetylenes is 1. The number of aryl methyl sites for hydroxylation is 1. The van der Waals surface area contributed by atoms with Gasteiger partial charge < -0.3 is 13.9 Å². The number of pyridine rings is 1. The third-order valence-electron chi connectivity index (χ3n) is 6.39. The molecule has 1 heterocycles. The number of esters is 1. The average molecular weight is 502 g/mol. The zero-order valence-electron chi connectivity index (χ0n) is 21.3. The van der Waals surface area contributed by atoms with Gasteiger partial charge in [-0.1, -0.05) is 44.5 Å². The highest BCUT2D eigenvalue weighted by Crippen LogP contribution is 2.43. The average Bonchev–Trinajstić information content (AvgIpc) is 2.77. The summed E-state index contributed by atoms with van der Waals surface area (Å²) in [6.07, 6.45) is 7.56. The summed E-state index contributed by atoms with van der Waals surface area (Å²) in [5, 5.41) is 0.428. The number of benzene rings is 1. The number of methoxy groups -OCH3 is 1. The Labute approximate surface area is 210 Å². The second kappa shape index (κ2) is 11.9. The van der Waals surface area contributed by atoms with E-state index in [4.69, 9.17) is 31.9 Å². The lowest BCUT2D eigenvalue weighted by Gasteiger charge is -2.41. The van der Waals surface area contributed by atoms with E-state index in [2.05, 4.69) is 44.8 Å². The molecule has 0 N–H and O–H groups in total. The van der Waals surface area contributed by atoms with Crippen LogP contribution < -0.4 is 4.74 Å². The fourth-order valence-electron chi connectivity index (χ4n) is 3.26. The maximum absolute atomic E-state index is 12.8. The SMILES string of the molecule is C#CC[C@@H](CC(=O)OCc1ccc(OC)cc1)[C@H](O[Si](C)(C)C(C)(C)C)c1cnc(Cl)c(C)c1. The summed E-state index contributed by atoms with van der Waals surface area (Å²) in [7, 11) is -0.586. The van der Waals surface area contributed by atoms with Gasteiger partial charge in [-0.05, 0) is 59.9 Å². The van der Waals surface area contributed by atoms with Crippen LogP contribution in [0.3, 0.4) is 0 Å². The third-order valence-corrected chi connectivity index (χ3v) is 11.2. The topological polar surface area (TPSA) is 57.7 Å². The first-order valence-electron chi connectivity index (χ1n) is 11.4. The molecule has 0 saturated carbocycles. The van der Waals surface area contributed by atoms with Crippen molar-refractivity contribution in [2.24, 2.45) is 5.92 Å². The molecule has 184 valence electrons. The Morgan fingerprint density at radius 2 is 1.88 bits per heavy atom. The van der Waals surface area contributed by atoms with Crippen molar-refractivity contribution < 1.29 is 18.7 Å². The number of ether oxygens (including phenoxy) is 2. The zero-order valence-corrected chi connectivity index (χ0v) is 23.0. The number of carbonyl (C=O) groups is 1. The fraction of sp³-hybridized carbons (Fsp3) is 0.481. The highest BCUT2D eigenvalue weighted by molar-refractivity contribution is 6.74. The van der Waals surface area contributed by atoms with Crippen LogP contribution in [0.2, 0.25) is 23.3 Å². The summed E-state index contributed by atoms with van der Waals surface area (Å²) in [5.41, 5.74) is 2.61. The van der Waals surface area contributed by atoms with Gasteiger partial charge in [0, 0.05) is 18.5 Å². The molecule has 0 spiro atoms. The number of hydrogen-bond acceptors (Lipinski definition) is 5. The minimum atomic E-state index is -2.20. The minimum absolute atomic E-state index is 0.0181. The van der Waals surface area contributed by atoms with Crippen LogP contribution >= 0.6 is 11.6 Å². The molecule has 0 amide bonds. The Bertz CT molecular complexity index is 1010. The molecule has 0 unspecified atom stereocenters. The Hall–Kier alpha value is -2.33. The predicted molar refractivity (Wildman–Crippen MR) is 139 cm³/mol. The lowest BCUT2D eigenvalue weighted by Crippen LogP contribution is -2.43. The molecule has 0 aliphatic carbocycles. The summed E-state index contributed by atoms with van der Waals surface area (Å²) in [5.74, 6) is 2.90. The van der Waals surface area contributed by atoms with Crippen molar-refractivity contribution in [3.63, 3.8) is 0 Å². The first kappa shape index (κ1) is 27.9. The van der Waals surface area contributed by atoms with Crippen molar-refractivity contribution in [3.05, 3.63) is 58.4 Å². The quantitative estimate of drug-likeness (QED) is 0.153. The highest BCUT2D eigenvalue weighted by atomic mass is 35.5. The summed E-state index contributed by atoms with van der Waals surface area (Å²) in [6, 6.07) is 9.39. The second-order valence-electron chi connectivity index (χ2n) is 10.1. The van der Waals surface area contributed by atoms with Crippen molar-refractivity contribution >= 4 is 25.9 Å². The summed E-state index contributed by atoms with van der Waals surface area (Å²) >= 11 is 6.18. The van der Waals surface area contributed by atoms with Gasteiger partial charge in [-0.2, -0.15) is 0 Å². The summed E-state index contributed by atoms with van der Waals surface area (Å²) in [6.45, 7) is 13.0. The van der Waals surface area contributed by atoms with Crippen molar-refractivity contribution in [1.82, 2.24) is 4.98 Å². The molecule has 1 aromatic heterocycles. The van der Waals surface area contributed by atoms with Crippen LogP contribution in [-0.2, 0) is 20.6 Å². The summed E-state index contributed by atoms with van der Waals surface area (Å²) in [4.78, 5) is 17.2. The van der Waals surface area contributed by atoms with Crippen molar-refractivity contribution in [3.8, 4) is 18.1 Å². The Kier molecular flexibility index (Phi) is 9.75. The van der Waals surface area contributed by atoms with Gasteiger partial charge in [0.15, 0.2) is 8.32 Å². The molecule has 0 bridgehead atoms. The standard InChI is InChI=1S/C27H36ClNO4Si/c1-9-10-21(16-24(30)32-18-20-11-13-23(31-6)14-12-20)25(33-34(7,8)27(3,4)5)22-15-19(2)26(28)29-17-22/h1,11-15,17,21,25H,10,16,18H2,2-8H3/t21-,25-/m0/s1. The van der Waals surface area contributed by atoms with E-state index in [1.807, 2.05) is 37.3 Å². The number of carbonyl (C=O) groups excluding carboxylic acids is 1. The van der Waals surface area contributed by atoms with Crippen molar-refractivity contribution in [2.75, 3.05) is 7.11 Å². The normalized spacial score (nSPS) is 13.6. The van der Waals surface area contributed by atoms with Gasteiger partial charge in [0.25, 0.3) is 0 Å². The van der Waals surface area contributed by atoms with Crippen LogP contribution in [0.1, 0.15) is 56.4 Å². The van der Waals surface area contributed by atoms with Crippen molar-refractivity contribution in [1.29, 1.82) is 0 Å². The fourth-order valence-corrected chi connectivity index (χ4v) is 4.68. The Morgan fingerprint density at radius 1 is 1.24 bits per heavy atom. The Balaban J connectivity index is 2.26. The van der Waals surface area contributed by atoms with Crippen LogP contribution in [0.5, 0.6) is 5.75 Å². The van der Waals surface area contributed by atoms with E-state index >= 15 is 0 Å². The second-order valence-corrected chi connectivity index (χ2v) is 15.2. The van der Waals surface area contributed by atoms with Crippen LogP contribution in [0, 0.1) is 25.2 Å². The zero-order chi connectivity index (χ0) is 25.5. The van der Waals surface area contributed by atoms with Gasteiger partial charge >= 0.3 is 5.97 Å². The van der Waals surface area contributed by atoms with Crippen molar-refractivity contribution in [2.45, 2.75) is 71.4 Å². The van der Waals surface area contributed by atoms with Crippen LogP contribution in [0.4, 0.5) is 0 Å². The smallest absolute Gasteiger partial charge is 0.306 e. The van der Waals surface area contributed by atoms with E-state index in [0.29, 0.717) is 11.6 Å². The molecule has 0 aliphatic rings. The Morgan fingerprint density at radius 3 is 2.41 bits per heavy atom. The molecule has 0 aliphatic heterocycles. The lowest BCUT2D eigenvalue weighted by atomic mass is 9.90. The largest absolute Gasteiger partial charge is 0.497 e. The maximum Gasteiger partial charge on any atom is 0.306 e. The molecule has 2 aromatic rings. The van der Waals surface area contributed by atoms with Gasteiger partial charge in [-0.3, -0.25) is 4.79 Å². The first-order valence-corrected chi connectivity index (χ1v) is 14.7. The van der Waals surface area contributed by atoms with Gasteiger partial charge in [0.05, 0.1) is 19.6 Å². The van der Waals surface area contributed by atoms with E-state index in [9.17, 15) is 4.79 Å². The van der Waals surface area contributed by atoms with Gasteiger partial charge in [0.1, 0.15) is 17.5 Å². The minimum Gasteiger partial charge on any atom is -0.497 e. The van der Waals surface area contributed by atoms with Gasteiger partial charge in [-0.15, -0.1) is 12.3 Å². The number of halogens is 1. The van der Waals surface area contributed by atoms with Crippen LogP contribution in [-0.4, -0.2) is 26.4 Å². The molecular weight excluding hydrogens is 466 g/mol.